The third-order valence-electron chi connectivity index (χ3n) is 3.65. The summed E-state index contributed by atoms with van der Waals surface area (Å²) in [6, 6.07) is 4.03. The molecule has 1 atom stereocenters. The topological polar surface area (TPSA) is 51.0 Å². The van der Waals surface area contributed by atoms with Crippen LogP contribution in [0.15, 0.2) is 20.4 Å². The second kappa shape index (κ2) is 5.34. The van der Waals surface area contributed by atoms with Crippen LogP contribution in [0.2, 0.25) is 0 Å². The van der Waals surface area contributed by atoms with E-state index >= 15 is 0 Å². The molecule has 0 radical (unpaired) electrons. The van der Waals surface area contributed by atoms with Crippen LogP contribution < -0.4 is 5.32 Å². The van der Waals surface area contributed by atoms with Gasteiger partial charge < -0.3 is 9.84 Å². The van der Waals surface area contributed by atoms with Crippen molar-refractivity contribution in [1.29, 1.82) is 0 Å². The molecule has 0 amide bonds. The van der Waals surface area contributed by atoms with Gasteiger partial charge in [-0.1, -0.05) is 18.5 Å². The quantitative estimate of drug-likeness (QED) is 0.923. The minimum absolute atomic E-state index is 0.0362. The van der Waals surface area contributed by atoms with Crippen LogP contribution in [0, 0.1) is 0 Å². The highest BCUT2D eigenvalue weighted by Gasteiger charge is 2.40. The van der Waals surface area contributed by atoms with Gasteiger partial charge in [-0.05, 0) is 47.4 Å². The van der Waals surface area contributed by atoms with Gasteiger partial charge in [0.2, 0.25) is 11.7 Å². The Kier molecular flexibility index (Phi) is 3.73. The molecular formula is C13H16BrN3OS. The summed E-state index contributed by atoms with van der Waals surface area (Å²) in [5.74, 6) is 1.49. The number of hydrogen-bond donors (Lipinski definition) is 1. The van der Waals surface area contributed by atoms with Gasteiger partial charge in [-0.3, -0.25) is 0 Å². The zero-order valence-electron chi connectivity index (χ0n) is 10.8. The Hall–Kier alpha value is -0.720. The molecule has 0 bridgehead atoms. The highest BCUT2D eigenvalue weighted by Crippen LogP contribution is 2.36. The van der Waals surface area contributed by atoms with Gasteiger partial charge >= 0.3 is 0 Å². The maximum Gasteiger partial charge on any atom is 0.234 e. The summed E-state index contributed by atoms with van der Waals surface area (Å²) >= 11 is 5.09. The molecular weight excluding hydrogens is 326 g/mol. The minimum Gasteiger partial charge on any atom is -0.338 e. The van der Waals surface area contributed by atoms with Gasteiger partial charge in [-0.15, -0.1) is 11.3 Å². The van der Waals surface area contributed by atoms with Crippen molar-refractivity contribution in [2.75, 3.05) is 13.1 Å². The van der Waals surface area contributed by atoms with Crippen LogP contribution in [-0.2, 0) is 5.41 Å². The summed E-state index contributed by atoms with van der Waals surface area (Å²) in [5.41, 5.74) is 0.0362. The van der Waals surface area contributed by atoms with E-state index in [0.29, 0.717) is 5.82 Å². The zero-order valence-corrected chi connectivity index (χ0v) is 13.2. The monoisotopic (exact) mass is 341 g/mol. The van der Waals surface area contributed by atoms with E-state index in [1.54, 1.807) is 11.3 Å². The van der Waals surface area contributed by atoms with Crippen molar-refractivity contribution in [2.24, 2.45) is 0 Å². The molecule has 2 aromatic rings. The molecule has 0 aliphatic carbocycles. The highest BCUT2D eigenvalue weighted by atomic mass is 79.9. The molecule has 1 aliphatic rings. The lowest BCUT2D eigenvalue weighted by molar-refractivity contribution is 0.277. The predicted molar refractivity (Wildman–Crippen MR) is 79.4 cm³/mol. The first-order chi connectivity index (χ1) is 9.23. The predicted octanol–water partition coefficient (Wildman–Crippen LogP) is 3.59. The molecule has 4 nitrogen and oxygen atoms in total. The lowest BCUT2D eigenvalue weighted by Gasteiger charge is -2.22. The second-order valence-electron chi connectivity index (χ2n) is 4.98. The first-order valence-electron chi connectivity index (χ1n) is 6.54. The van der Waals surface area contributed by atoms with Gasteiger partial charge in [0.25, 0.3) is 0 Å². The summed E-state index contributed by atoms with van der Waals surface area (Å²) in [7, 11) is 0. The molecule has 0 aromatic carbocycles. The van der Waals surface area contributed by atoms with Crippen LogP contribution in [0.3, 0.4) is 0 Å². The molecule has 1 aliphatic heterocycles. The largest absolute Gasteiger partial charge is 0.338 e. The Labute approximate surface area is 124 Å². The Morgan fingerprint density at radius 3 is 3.05 bits per heavy atom. The molecule has 0 spiro atoms. The van der Waals surface area contributed by atoms with E-state index in [9.17, 15) is 0 Å². The first kappa shape index (κ1) is 13.3. The van der Waals surface area contributed by atoms with E-state index < -0.39 is 0 Å². The Morgan fingerprint density at radius 1 is 1.53 bits per heavy atom. The van der Waals surface area contributed by atoms with E-state index in [2.05, 4.69) is 38.3 Å². The molecule has 3 rings (SSSR count). The minimum atomic E-state index is 0.0362. The number of hydrogen-bond acceptors (Lipinski definition) is 5. The number of halogens is 1. The third kappa shape index (κ3) is 2.49. The van der Waals surface area contributed by atoms with E-state index in [4.69, 9.17) is 4.52 Å². The lowest BCUT2D eigenvalue weighted by atomic mass is 9.82. The van der Waals surface area contributed by atoms with Gasteiger partial charge in [0.1, 0.15) is 0 Å². The lowest BCUT2D eigenvalue weighted by Crippen LogP contribution is -2.29. The maximum absolute atomic E-state index is 5.56. The van der Waals surface area contributed by atoms with Crippen LogP contribution in [0.4, 0.5) is 0 Å². The molecule has 1 N–H and O–H groups in total. The maximum atomic E-state index is 5.56. The fourth-order valence-corrected chi connectivity index (χ4v) is 4.01. The average molecular weight is 342 g/mol. The first-order valence-corrected chi connectivity index (χ1v) is 8.15. The molecule has 6 heteroatoms. The number of aromatic nitrogens is 2. The van der Waals surface area contributed by atoms with E-state index in [1.165, 1.54) is 0 Å². The summed E-state index contributed by atoms with van der Waals surface area (Å²) in [6.07, 6.45) is 3.30. The number of nitrogens with one attached hydrogen (secondary N) is 1. The average Bonchev–Trinajstić information content (AvgIpc) is 3.07. The summed E-state index contributed by atoms with van der Waals surface area (Å²) in [6.45, 7) is 4.17. The van der Waals surface area contributed by atoms with Crippen LogP contribution in [0.25, 0.3) is 10.7 Å². The molecule has 1 unspecified atom stereocenters. The van der Waals surface area contributed by atoms with Crippen molar-refractivity contribution in [2.45, 2.75) is 31.6 Å². The standard InChI is InChI=1S/C13H16BrN3OS/c1-2-5-13(6-7-15-8-13)12-16-11(17-18-12)9-3-4-10(14)19-9/h3-4,15H,2,5-8H2,1H3. The van der Waals surface area contributed by atoms with Crippen molar-refractivity contribution in [3.05, 3.63) is 21.8 Å². The van der Waals surface area contributed by atoms with Crippen molar-refractivity contribution in [3.8, 4) is 10.7 Å². The Morgan fingerprint density at radius 2 is 2.42 bits per heavy atom. The summed E-state index contributed by atoms with van der Waals surface area (Å²) in [4.78, 5) is 5.68. The molecule has 1 saturated heterocycles. The number of rotatable bonds is 4. The van der Waals surface area contributed by atoms with Gasteiger partial charge in [0, 0.05) is 6.54 Å². The SMILES string of the molecule is CCCC1(c2nc(-c3ccc(Br)s3)no2)CCNC1. The molecule has 0 saturated carbocycles. The van der Waals surface area contributed by atoms with E-state index in [0.717, 1.165) is 46.9 Å². The Balaban J connectivity index is 1.91. The fraction of sp³-hybridized carbons (Fsp3) is 0.538. The van der Waals surface area contributed by atoms with Crippen molar-refractivity contribution in [1.82, 2.24) is 15.5 Å². The molecule has 2 aromatic heterocycles. The smallest absolute Gasteiger partial charge is 0.234 e. The van der Waals surface area contributed by atoms with Crippen LogP contribution in [0.5, 0.6) is 0 Å². The number of nitrogens with zero attached hydrogens (tertiary/aromatic N) is 2. The van der Waals surface area contributed by atoms with Crippen LogP contribution >= 0.6 is 27.3 Å². The van der Waals surface area contributed by atoms with Gasteiger partial charge in [0.15, 0.2) is 0 Å². The molecule has 102 valence electrons. The Bertz CT molecular complexity index is 560. The van der Waals surface area contributed by atoms with E-state index in [-0.39, 0.29) is 5.41 Å². The van der Waals surface area contributed by atoms with Gasteiger partial charge in [0.05, 0.1) is 14.1 Å². The molecule has 1 fully saturated rings. The van der Waals surface area contributed by atoms with Crippen molar-refractivity contribution in [3.63, 3.8) is 0 Å². The van der Waals surface area contributed by atoms with Gasteiger partial charge in [-0.25, -0.2) is 0 Å². The fourth-order valence-electron chi connectivity index (χ4n) is 2.70. The normalized spacial score (nSPS) is 23.1. The van der Waals surface area contributed by atoms with Gasteiger partial charge in [-0.2, -0.15) is 4.98 Å². The van der Waals surface area contributed by atoms with Crippen molar-refractivity contribution < 1.29 is 4.52 Å². The van der Waals surface area contributed by atoms with Crippen molar-refractivity contribution >= 4 is 27.3 Å². The summed E-state index contributed by atoms with van der Waals surface area (Å²) in [5, 5.41) is 7.56. The van der Waals surface area contributed by atoms with Crippen LogP contribution in [-0.4, -0.2) is 23.2 Å². The molecule has 19 heavy (non-hydrogen) atoms. The van der Waals surface area contributed by atoms with E-state index in [1.807, 2.05) is 12.1 Å². The third-order valence-corrected chi connectivity index (χ3v) is 5.27. The molecule has 3 heterocycles. The zero-order chi connectivity index (χ0) is 13.3. The highest BCUT2D eigenvalue weighted by molar-refractivity contribution is 9.11. The second-order valence-corrected chi connectivity index (χ2v) is 7.45. The van der Waals surface area contributed by atoms with Crippen LogP contribution in [0.1, 0.15) is 32.1 Å². The number of thiophene rings is 1. The summed E-state index contributed by atoms with van der Waals surface area (Å²) < 4.78 is 6.64.